The van der Waals surface area contributed by atoms with Crippen molar-refractivity contribution in [3.63, 3.8) is 0 Å². The van der Waals surface area contributed by atoms with Crippen LogP contribution in [0.15, 0.2) is 27.2 Å². The van der Waals surface area contributed by atoms with Gasteiger partial charge in [0.05, 0.1) is 4.47 Å². The number of nitrogens with zero attached hydrogens (tertiary/aromatic N) is 2. The summed E-state index contributed by atoms with van der Waals surface area (Å²) in [7, 11) is 0. The first-order chi connectivity index (χ1) is 10.1. The maximum atomic E-state index is 5.80. The van der Waals surface area contributed by atoms with Crippen LogP contribution in [0.1, 0.15) is 37.5 Å². The second-order valence-electron chi connectivity index (χ2n) is 5.09. The van der Waals surface area contributed by atoms with Crippen LogP contribution in [0.5, 0.6) is 5.75 Å². The van der Waals surface area contributed by atoms with Crippen molar-refractivity contribution in [3.05, 3.63) is 40.0 Å². The van der Waals surface area contributed by atoms with Crippen LogP contribution in [-0.2, 0) is 19.4 Å². The minimum absolute atomic E-state index is 0.139. The van der Waals surface area contributed by atoms with Gasteiger partial charge in [-0.05, 0) is 53.4 Å². The summed E-state index contributed by atoms with van der Waals surface area (Å²) in [6, 6.07) is 6.11. The van der Waals surface area contributed by atoms with E-state index >= 15 is 0 Å². The molecule has 0 saturated heterocycles. The number of hydrogen-bond acceptors (Lipinski definition) is 5. The molecular formula is C15H20BrN3O2. The summed E-state index contributed by atoms with van der Waals surface area (Å²) in [5.74, 6) is 1.97. The number of rotatable bonds is 7. The van der Waals surface area contributed by atoms with Crippen molar-refractivity contribution in [2.24, 2.45) is 5.73 Å². The lowest BCUT2D eigenvalue weighted by Gasteiger charge is -2.09. The summed E-state index contributed by atoms with van der Waals surface area (Å²) in [4.78, 5) is 4.27. The molecule has 0 aliphatic rings. The third kappa shape index (κ3) is 4.82. The molecule has 2 N–H and O–H groups in total. The Morgan fingerprint density at radius 3 is 2.90 bits per heavy atom. The molecular weight excluding hydrogens is 334 g/mol. The van der Waals surface area contributed by atoms with Crippen LogP contribution in [0.4, 0.5) is 0 Å². The zero-order valence-electron chi connectivity index (χ0n) is 12.3. The third-order valence-corrected chi connectivity index (χ3v) is 3.50. The number of aryl methyl sites for hydroxylation is 1. The third-order valence-electron chi connectivity index (χ3n) is 2.88. The molecule has 114 valence electrons. The molecule has 2 aromatic rings. The Labute approximate surface area is 133 Å². The SMILES string of the molecule is CCCc1nc(COc2ccc(CC(C)N)cc2Br)no1. The van der Waals surface area contributed by atoms with Crippen LogP contribution in [0, 0.1) is 0 Å². The molecule has 1 aromatic heterocycles. The van der Waals surface area contributed by atoms with Gasteiger partial charge in [-0.2, -0.15) is 4.98 Å². The summed E-state index contributed by atoms with van der Waals surface area (Å²) >= 11 is 3.51. The predicted octanol–water partition coefficient (Wildman–Crippen LogP) is 3.25. The van der Waals surface area contributed by atoms with Gasteiger partial charge in [0.15, 0.2) is 6.61 Å². The van der Waals surface area contributed by atoms with E-state index in [1.54, 1.807) is 0 Å². The minimum atomic E-state index is 0.139. The first-order valence-corrected chi connectivity index (χ1v) is 7.86. The van der Waals surface area contributed by atoms with E-state index in [9.17, 15) is 0 Å². The van der Waals surface area contributed by atoms with E-state index in [2.05, 4.69) is 33.0 Å². The van der Waals surface area contributed by atoms with Crippen LogP contribution >= 0.6 is 15.9 Å². The van der Waals surface area contributed by atoms with Crippen molar-refractivity contribution in [3.8, 4) is 5.75 Å². The molecule has 0 spiro atoms. The van der Waals surface area contributed by atoms with Gasteiger partial charge < -0.3 is 15.0 Å². The second-order valence-corrected chi connectivity index (χ2v) is 5.94. The van der Waals surface area contributed by atoms with Crippen molar-refractivity contribution in [1.82, 2.24) is 10.1 Å². The molecule has 1 aromatic carbocycles. The van der Waals surface area contributed by atoms with Crippen molar-refractivity contribution in [2.75, 3.05) is 0 Å². The topological polar surface area (TPSA) is 74.2 Å². The molecule has 1 atom stereocenters. The molecule has 0 aliphatic heterocycles. The lowest BCUT2D eigenvalue weighted by Crippen LogP contribution is -2.17. The largest absolute Gasteiger partial charge is 0.484 e. The Kier molecular flexibility index (Phi) is 5.76. The van der Waals surface area contributed by atoms with Crippen molar-refractivity contribution in [2.45, 2.75) is 45.8 Å². The van der Waals surface area contributed by atoms with Crippen molar-refractivity contribution in [1.29, 1.82) is 0 Å². The van der Waals surface area contributed by atoms with Crippen LogP contribution < -0.4 is 10.5 Å². The standard InChI is InChI=1S/C15H20BrN3O2/c1-3-4-15-18-14(19-21-15)9-20-13-6-5-11(7-10(2)17)8-12(13)16/h5-6,8,10H,3-4,7,9,17H2,1-2H3. The van der Waals surface area contributed by atoms with Crippen molar-refractivity contribution >= 4 is 15.9 Å². The molecule has 1 heterocycles. The quantitative estimate of drug-likeness (QED) is 0.826. The maximum absolute atomic E-state index is 5.80. The first-order valence-electron chi connectivity index (χ1n) is 7.06. The smallest absolute Gasteiger partial charge is 0.226 e. The lowest BCUT2D eigenvalue weighted by atomic mass is 10.1. The summed E-state index contributed by atoms with van der Waals surface area (Å²) in [5, 5.41) is 3.89. The van der Waals surface area contributed by atoms with E-state index in [-0.39, 0.29) is 6.04 Å². The summed E-state index contributed by atoms with van der Waals surface area (Å²) in [6.45, 7) is 4.35. The zero-order valence-corrected chi connectivity index (χ0v) is 13.9. The molecule has 2 rings (SSSR count). The van der Waals surface area contributed by atoms with Gasteiger partial charge in [-0.1, -0.05) is 18.1 Å². The average Bonchev–Trinajstić information content (AvgIpc) is 2.85. The number of hydrogen-bond donors (Lipinski definition) is 1. The Balaban J connectivity index is 1.96. The average molecular weight is 354 g/mol. The highest BCUT2D eigenvalue weighted by Crippen LogP contribution is 2.27. The molecule has 5 nitrogen and oxygen atoms in total. The fourth-order valence-corrected chi connectivity index (χ4v) is 2.51. The molecule has 0 radical (unpaired) electrons. The second kappa shape index (κ2) is 7.56. The van der Waals surface area contributed by atoms with Gasteiger partial charge >= 0.3 is 0 Å². The maximum Gasteiger partial charge on any atom is 0.226 e. The molecule has 21 heavy (non-hydrogen) atoms. The van der Waals surface area contributed by atoms with E-state index in [4.69, 9.17) is 15.0 Å². The summed E-state index contributed by atoms with van der Waals surface area (Å²) in [6.07, 6.45) is 2.61. The Bertz CT molecular complexity index is 584. The number of nitrogens with two attached hydrogens (primary N) is 1. The molecule has 0 fully saturated rings. The number of benzene rings is 1. The summed E-state index contributed by atoms with van der Waals surface area (Å²) < 4.78 is 11.7. The highest BCUT2D eigenvalue weighted by atomic mass is 79.9. The molecule has 0 saturated carbocycles. The van der Waals surface area contributed by atoms with E-state index in [1.165, 1.54) is 5.56 Å². The van der Waals surface area contributed by atoms with Gasteiger partial charge in [0.1, 0.15) is 5.75 Å². The first kappa shape index (κ1) is 16.0. The van der Waals surface area contributed by atoms with E-state index in [0.717, 1.165) is 29.5 Å². The highest BCUT2D eigenvalue weighted by Gasteiger charge is 2.08. The summed E-state index contributed by atoms with van der Waals surface area (Å²) in [5.41, 5.74) is 6.98. The lowest BCUT2D eigenvalue weighted by molar-refractivity contribution is 0.283. The van der Waals surface area contributed by atoms with Gasteiger partial charge in [-0.15, -0.1) is 0 Å². The van der Waals surface area contributed by atoms with Crippen molar-refractivity contribution < 1.29 is 9.26 Å². The minimum Gasteiger partial charge on any atom is -0.484 e. The van der Waals surface area contributed by atoms with Crippen LogP contribution in [0.2, 0.25) is 0 Å². The Morgan fingerprint density at radius 2 is 2.24 bits per heavy atom. The number of aromatic nitrogens is 2. The number of ether oxygens (including phenoxy) is 1. The fourth-order valence-electron chi connectivity index (χ4n) is 1.97. The molecule has 0 aliphatic carbocycles. The van der Waals surface area contributed by atoms with E-state index < -0.39 is 0 Å². The highest BCUT2D eigenvalue weighted by molar-refractivity contribution is 9.10. The zero-order chi connectivity index (χ0) is 15.2. The van der Waals surface area contributed by atoms with Crippen LogP contribution in [0.25, 0.3) is 0 Å². The van der Waals surface area contributed by atoms with Gasteiger partial charge in [0, 0.05) is 12.5 Å². The van der Waals surface area contributed by atoms with Crippen LogP contribution in [-0.4, -0.2) is 16.2 Å². The molecule has 1 unspecified atom stereocenters. The van der Waals surface area contributed by atoms with E-state index in [1.807, 2.05) is 25.1 Å². The van der Waals surface area contributed by atoms with Gasteiger partial charge in [0.25, 0.3) is 0 Å². The van der Waals surface area contributed by atoms with Gasteiger partial charge in [-0.25, -0.2) is 0 Å². The molecule has 0 bridgehead atoms. The Hall–Kier alpha value is -1.40. The van der Waals surface area contributed by atoms with Gasteiger partial charge in [0.2, 0.25) is 11.7 Å². The predicted molar refractivity (Wildman–Crippen MR) is 84.1 cm³/mol. The Morgan fingerprint density at radius 1 is 1.43 bits per heavy atom. The monoisotopic (exact) mass is 353 g/mol. The van der Waals surface area contributed by atoms with Gasteiger partial charge in [-0.3, -0.25) is 0 Å². The van der Waals surface area contributed by atoms with E-state index in [0.29, 0.717) is 18.3 Å². The molecule has 6 heteroatoms. The fraction of sp³-hybridized carbons (Fsp3) is 0.467. The molecule has 0 amide bonds. The van der Waals surface area contributed by atoms with Crippen LogP contribution in [0.3, 0.4) is 0 Å². The number of halogens is 1. The normalized spacial score (nSPS) is 12.4.